The van der Waals surface area contributed by atoms with E-state index in [2.05, 4.69) is 15.9 Å². The highest BCUT2D eigenvalue weighted by molar-refractivity contribution is 9.10. The minimum atomic E-state index is -4.98. The molecule has 11 heteroatoms. The monoisotopic (exact) mass is 527 g/mol. The van der Waals surface area contributed by atoms with Crippen LogP contribution < -0.4 is 0 Å². The summed E-state index contributed by atoms with van der Waals surface area (Å²) < 4.78 is 85.0. The van der Waals surface area contributed by atoms with Crippen molar-refractivity contribution in [2.75, 3.05) is 6.26 Å². The third-order valence-corrected chi connectivity index (χ3v) is 6.42. The van der Waals surface area contributed by atoms with Crippen LogP contribution in [0.15, 0.2) is 45.8 Å². The zero-order chi connectivity index (χ0) is 23.1. The van der Waals surface area contributed by atoms with Crippen LogP contribution in [0.2, 0.25) is 0 Å². The van der Waals surface area contributed by atoms with Gasteiger partial charge in [0.15, 0.2) is 0 Å². The Morgan fingerprint density at radius 1 is 1.03 bits per heavy atom. The lowest BCUT2D eigenvalue weighted by Crippen LogP contribution is -2.31. The second-order valence-electron chi connectivity index (χ2n) is 6.97. The number of carbonyl (C=O) groups is 1. The third kappa shape index (κ3) is 5.14. The number of carbonyl (C=O) groups excluding carboxylic acids is 1. The van der Waals surface area contributed by atoms with Crippen molar-refractivity contribution in [1.82, 2.24) is 4.90 Å². The van der Waals surface area contributed by atoms with Crippen molar-refractivity contribution < 1.29 is 35.9 Å². The fourth-order valence-electron chi connectivity index (χ4n) is 3.29. The second kappa shape index (κ2) is 8.57. The van der Waals surface area contributed by atoms with Crippen molar-refractivity contribution >= 4 is 33.8 Å². The first-order valence-electron chi connectivity index (χ1n) is 8.90. The maximum absolute atomic E-state index is 13.2. The summed E-state index contributed by atoms with van der Waals surface area (Å²) in [6, 6.07) is 5.96. The highest BCUT2D eigenvalue weighted by Gasteiger charge is 2.43. The highest BCUT2D eigenvalue weighted by atomic mass is 79.9. The van der Waals surface area contributed by atoms with Gasteiger partial charge in [0.1, 0.15) is 6.10 Å². The Morgan fingerprint density at radius 2 is 1.61 bits per heavy atom. The number of alkyl halides is 6. The lowest BCUT2D eigenvalue weighted by atomic mass is 9.97. The minimum Gasteiger partial charge on any atom is -0.439 e. The number of halogens is 7. The Bertz CT molecular complexity index is 962. The molecule has 1 aliphatic heterocycles. The second-order valence-corrected chi connectivity index (χ2v) is 8.70. The van der Waals surface area contributed by atoms with Crippen molar-refractivity contribution in [3.8, 4) is 0 Å². The van der Waals surface area contributed by atoms with Gasteiger partial charge in [0.25, 0.3) is 0 Å². The van der Waals surface area contributed by atoms with E-state index in [1.54, 1.807) is 6.07 Å². The largest absolute Gasteiger partial charge is 0.439 e. The average molecular weight is 528 g/mol. The Balaban J connectivity index is 1.96. The Labute approximate surface area is 186 Å². The van der Waals surface area contributed by atoms with E-state index in [9.17, 15) is 31.1 Å². The standard InChI is InChI=1S/C20H16BrF6NO2S/c1-10-17(11-5-13(19(22,23)24)8-14(6-11)20(25,26)27)30-18(29)28(10)9-12-7-15(31-2)3-4-16(12)21/h3-8,10,17H,9H2,1-2H3/t10-,17?/m0/s1. The summed E-state index contributed by atoms with van der Waals surface area (Å²) in [5, 5.41) is 0. The quantitative estimate of drug-likeness (QED) is 0.309. The van der Waals surface area contributed by atoms with Crippen molar-refractivity contribution in [3.05, 3.63) is 63.1 Å². The van der Waals surface area contributed by atoms with E-state index in [1.807, 2.05) is 18.4 Å². The summed E-state index contributed by atoms with van der Waals surface area (Å²) in [7, 11) is 0. The molecule has 3 nitrogen and oxygen atoms in total. The molecule has 31 heavy (non-hydrogen) atoms. The topological polar surface area (TPSA) is 29.5 Å². The Hall–Kier alpha value is -1.88. The lowest BCUT2D eigenvalue weighted by molar-refractivity contribution is -0.143. The number of hydrogen-bond acceptors (Lipinski definition) is 3. The van der Waals surface area contributed by atoms with Gasteiger partial charge in [-0.15, -0.1) is 11.8 Å². The smallest absolute Gasteiger partial charge is 0.416 e. The van der Waals surface area contributed by atoms with E-state index >= 15 is 0 Å². The van der Waals surface area contributed by atoms with Gasteiger partial charge in [-0.1, -0.05) is 15.9 Å². The number of ether oxygens (including phenoxy) is 1. The van der Waals surface area contributed by atoms with Gasteiger partial charge < -0.3 is 4.74 Å². The van der Waals surface area contributed by atoms with Crippen LogP contribution in [-0.4, -0.2) is 23.3 Å². The van der Waals surface area contributed by atoms with Crippen molar-refractivity contribution in [2.45, 2.75) is 42.9 Å². The molecular weight excluding hydrogens is 512 g/mol. The summed E-state index contributed by atoms with van der Waals surface area (Å²) in [6.07, 6.45) is -10.2. The Morgan fingerprint density at radius 3 is 2.13 bits per heavy atom. The lowest BCUT2D eigenvalue weighted by Gasteiger charge is -2.23. The predicted octanol–water partition coefficient (Wildman–Crippen LogP) is 7.29. The number of hydrogen-bond donors (Lipinski definition) is 0. The predicted molar refractivity (Wildman–Crippen MR) is 107 cm³/mol. The van der Waals surface area contributed by atoms with Crippen molar-refractivity contribution in [1.29, 1.82) is 0 Å². The zero-order valence-electron chi connectivity index (χ0n) is 16.1. The third-order valence-electron chi connectivity index (χ3n) is 4.92. The van der Waals surface area contributed by atoms with Crippen LogP contribution >= 0.6 is 27.7 Å². The van der Waals surface area contributed by atoms with Crippen LogP contribution in [0.25, 0.3) is 0 Å². The van der Waals surface area contributed by atoms with Gasteiger partial charge >= 0.3 is 18.4 Å². The normalized spacial score (nSPS) is 19.6. The molecule has 2 aromatic rings. The van der Waals surface area contributed by atoms with Gasteiger partial charge in [-0.3, -0.25) is 4.90 Å². The molecule has 168 valence electrons. The molecule has 0 aliphatic carbocycles. The van der Waals surface area contributed by atoms with E-state index in [0.29, 0.717) is 16.6 Å². The molecule has 0 bridgehead atoms. The summed E-state index contributed by atoms with van der Waals surface area (Å²) in [5.41, 5.74) is -2.53. The average Bonchev–Trinajstić information content (AvgIpc) is 2.96. The maximum Gasteiger partial charge on any atom is 0.416 e. The fraction of sp³-hybridized carbons (Fsp3) is 0.350. The van der Waals surface area contributed by atoms with E-state index < -0.39 is 41.7 Å². The molecule has 1 unspecified atom stereocenters. The van der Waals surface area contributed by atoms with Gasteiger partial charge in [-0.25, -0.2) is 4.79 Å². The first kappa shape index (κ1) is 23.8. The number of rotatable bonds is 4. The molecule has 0 spiro atoms. The molecule has 0 radical (unpaired) electrons. The van der Waals surface area contributed by atoms with Crippen LogP contribution in [0.5, 0.6) is 0 Å². The van der Waals surface area contributed by atoms with E-state index in [4.69, 9.17) is 4.74 Å². The molecule has 1 fully saturated rings. The molecule has 0 N–H and O–H groups in total. The van der Waals surface area contributed by atoms with Crippen LogP contribution in [-0.2, 0) is 23.6 Å². The van der Waals surface area contributed by atoms with Crippen LogP contribution in [0.3, 0.4) is 0 Å². The Kier molecular flexibility index (Phi) is 6.57. The first-order valence-corrected chi connectivity index (χ1v) is 10.9. The molecule has 1 saturated heterocycles. The summed E-state index contributed by atoms with van der Waals surface area (Å²) >= 11 is 4.88. The van der Waals surface area contributed by atoms with Crippen LogP contribution in [0.4, 0.5) is 31.1 Å². The minimum absolute atomic E-state index is 0.0493. The van der Waals surface area contributed by atoms with Crippen molar-refractivity contribution in [3.63, 3.8) is 0 Å². The van der Waals surface area contributed by atoms with Crippen LogP contribution in [0, 0.1) is 0 Å². The molecule has 0 saturated carbocycles. The summed E-state index contributed by atoms with van der Waals surface area (Å²) in [5.74, 6) is 0. The van der Waals surface area contributed by atoms with Gasteiger partial charge in [0, 0.05) is 9.37 Å². The summed E-state index contributed by atoms with van der Waals surface area (Å²) in [4.78, 5) is 14.7. The van der Waals surface area contributed by atoms with E-state index in [-0.39, 0.29) is 18.2 Å². The van der Waals surface area contributed by atoms with Gasteiger partial charge in [0.05, 0.1) is 23.7 Å². The number of thioether (sulfide) groups is 1. The molecule has 2 aromatic carbocycles. The van der Waals surface area contributed by atoms with Gasteiger partial charge in [-0.2, -0.15) is 26.3 Å². The number of benzene rings is 2. The number of cyclic esters (lactones) is 1. The molecule has 2 atom stereocenters. The molecule has 0 aromatic heterocycles. The zero-order valence-corrected chi connectivity index (χ0v) is 18.5. The SMILES string of the molecule is CSc1ccc(Br)c(CN2C(=O)OC(c3cc(C(F)(F)F)cc(C(F)(F)F)c3)[C@@H]2C)c1. The maximum atomic E-state index is 13.2. The molecule has 1 heterocycles. The molecular formula is C20H16BrF6NO2S. The fourth-order valence-corrected chi connectivity index (χ4v) is 4.12. The number of nitrogens with zero attached hydrogens (tertiary/aromatic N) is 1. The van der Waals surface area contributed by atoms with Gasteiger partial charge in [0.2, 0.25) is 0 Å². The van der Waals surface area contributed by atoms with E-state index in [1.165, 1.54) is 23.6 Å². The van der Waals surface area contributed by atoms with Crippen molar-refractivity contribution in [2.24, 2.45) is 0 Å². The first-order chi connectivity index (χ1) is 14.3. The molecule has 1 aliphatic rings. The van der Waals surface area contributed by atoms with E-state index in [0.717, 1.165) is 10.5 Å². The summed E-state index contributed by atoms with van der Waals surface area (Å²) in [6.45, 7) is 1.60. The number of amides is 1. The van der Waals surface area contributed by atoms with Gasteiger partial charge in [-0.05, 0) is 60.7 Å². The molecule has 1 amide bonds. The molecule has 3 rings (SSSR count). The highest BCUT2D eigenvalue weighted by Crippen LogP contribution is 2.41. The van der Waals surface area contributed by atoms with Crippen LogP contribution in [0.1, 0.15) is 35.3 Å².